The summed E-state index contributed by atoms with van der Waals surface area (Å²) in [5.74, 6) is -0.132. The fourth-order valence-electron chi connectivity index (χ4n) is 0.408. The molecule has 15 heavy (non-hydrogen) atoms. The van der Waals surface area contributed by atoms with Crippen LogP contribution in [0.5, 0.6) is 0 Å². The summed E-state index contributed by atoms with van der Waals surface area (Å²) in [6.07, 6.45) is 0.471. The zero-order chi connectivity index (χ0) is 12.5. The second-order valence-corrected chi connectivity index (χ2v) is 4.69. The molecule has 0 saturated heterocycles. The van der Waals surface area contributed by atoms with Crippen LogP contribution in [0.2, 0.25) is 0 Å². The fraction of sp³-hybridized carbons (Fsp3) is 1.00. The summed E-state index contributed by atoms with van der Waals surface area (Å²) in [5, 5.41) is 25.0. The minimum absolute atomic E-state index is 0.132. The van der Waals surface area contributed by atoms with Gasteiger partial charge in [-0.15, -0.1) is 0 Å². The maximum Gasteiger partial charge on any atom is 0.264 e. The second kappa shape index (κ2) is 7.97. The number of aliphatic hydroxyl groups is 3. The Hall–Kier alpha value is -0.250. The first-order valence-electron chi connectivity index (χ1n) is 4.31. The lowest BCUT2D eigenvalue weighted by Gasteiger charge is -2.20. The van der Waals surface area contributed by atoms with Crippen molar-refractivity contribution in [1.82, 2.24) is 0 Å². The van der Waals surface area contributed by atoms with Gasteiger partial charge in [0.1, 0.15) is 0 Å². The summed E-state index contributed by atoms with van der Waals surface area (Å²) >= 11 is 0. The summed E-state index contributed by atoms with van der Waals surface area (Å²) in [5.41, 5.74) is 3.94. The smallest absolute Gasteiger partial charge is 0.264 e. The van der Waals surface area contributed by atoms with Gasteiger partial charge in [0.2, 0.25) is 0 Å². The number of hydrogen-bond donors (Lipinski definition) is 5. The van der Waals surface area contributed by atoms with E-state index in [9.17, 15) is 8.42 Å². The van der Waals surface area contributed by atoms with E-state index in [1.165, 1.54) is 0 Å². The minimum Gasteiger partial charge on any atom is -0.394 e. The lowest BCUT2D eigenvalue weighted by atomic mass is 10.1. The Morgan fingerprint density at radius 1 is 1.13 bits per heavy atom. The van der Waals surface area contributed by atoms with Crippen LogP contribution in [0.4, 0.5) is 0 Å². The number of hydrogen-bond acceptors (Lipinski definition) is 6. The molecule has 0 unspecified atom stereocenters. The monoisotopic (exact) mass is 245 g/mol. The molecule has 0 heterocycles. The molecule has 0 aromatic carbocycles. The predicted octanol–water partition coefficient (Wildman–Crippen LogP) is -2.05. The molecule has 0 amide bonds. The highest BCUT2D eigenvalue weighted by Crippen LogP contribution is 1.93. The van der Waals surface area contributed by atoms with Crippen molar-refractivity contribution in [3.63, 3.8) is 0 Å². The number of aliphatic hydroxyl groups excluding tert-OH is 3. The van der Waals surface area contributed by atoms with E-state index < -0.39 is 35.5 Å². The van der Waals surface area contributed by atoms with Crippen molar-refractivity contribution in [3.8, 4) is 0 Å². The molecule has 0 atom stereocenters. The molecule has 0 bridgehead atoms. The van der Waals surface area contributed by atoms with Crippen molar-refractivity contribution in [2.45, 2.75) is 18.9 Å². The van der Waals surface area contributed by atoms with Crippen LogP contribution in [-0.4, -0.2) is 59.4 Å². The van der Waals surface area contributed by atoms with Crippen LogP contribution >= 0.6 is 0 Å². The zero-order valence-corrected chi connectivity index (χ0v) is 9.44. The van der Waals surface area contributed by atoms with Gasteiger partial charge in [0, 0.05) is 0 Å². The van der Waals surface area contributed by atoms with Crippen molar-refractivity contribution in [2.24, 2.45) is 5.73 Å². The van der Waals surface area contributed by atoms with Gasteiger partial charge < -0.3 is 21.1 Å². The molecular formula is C7H19NO6S. The lowest BCUT2D eigenvalue weighted by molar-refractivity contribution is 0.0697. The van der Waals surface area contributed by atoms with E-state index >= 15 is 0 Å². The summed E-state index contributed by atoms with van der Waals surface area (Å²) in [6.45, 7) is 0.480. The Labute approximate surface area is 89.3 Å². The average Bonchev–Trinajstić information content (AvgIpc) is 2.16. The Bertz CT molecular complexity index is 228. The third-order valence-electron chi connectivity index (χ3n) is 1.41. The summed E-state index contributed by atoms with van der Waals surface area (Å²) < 4.78 is 27.6. The Kier molecular flexibility index (Phi) is 9.11. The van der Waals surface area contributed by atoms with Crippen molar-refractivity contribution in [2.75, 3.05) is 25.6 Å². The van der Waals surface area contributed by atoms with Crippen LogP contribution < -0.4 is 5.73 Å². The van der Waals surface area contributed by atoms with Gasteiger partial charge in [0.05, 0.1) is 31.1 Å². The fourth-order valence-corrected chi connectivity index (χ4v) is 0.924. The van der Waals surface area contributed by atoms with Crippen LogP contribution in [0, 0.1) is 0 Å². The molecular weight excluding hydrogens is 226 g/mol. The van der Waals surface area contributed by atoms with Gasteiger partial charge in [-0.3, -0.25) is 4.55 Å². The first-order chi connectivity index (χ1) is 6.74. The van der Waals surface area contributed by atoms with Crippen molar-refractivity contribution in [1.29, 1.82) is 0 Å². The van der Waals surface area contributed by atoms with E-state index in [4.69, 9.17) is 25.6 Å². The van der Waals surface area contributed by atoms with Crippen LogP contribution in [0.15, 0.2) is 0 Å². The van der Waals surface area contributed by atoms with Crippen molar-refractivity contribution < 1.29 is 28.3 Å². The molecule has 0 aliphatic rings. The largest absolute Gasteiger partial charge is 0.394 e. The maximum atomic E-state index is 9.79. The van der Waals surface area contributed by atoms with Crippen LogP contribution in [-0.2, 0) is 10.1 Å². The van der Waals surface area contributed by atoms with E-state index in [0.29, 0.717) is 6.42 Å². The SMILES string of the molecule is CCCS(=O)(=O)O.NC(CO)(CO)CO. The molecule has 0 radical (unpaired) electrons. The average molecular weight is 245 g/mol. The molecule has 0 aliphatic carbocycles. The van der Waals surface area contributed by atoms with Crippen molar-refractivity contribution >= 4 is 10.1 Å². The second-order valence-electron chi connectivity index (χ2n) is 3.12. The van der Waals surface area contributed by atoms with Crippen molar-refractivity contribution in [3.05, 3.63) is 0 Å². The van der Waals surface area contributed by atoms with Gasteiger partial charge in [0.15, 0.2) is 0 Å². The minimum atomic E-state index is -3.67. The molecule has 0 aromatic heterocycles. The lowest BCUT2D eigenvalue weighted by Crippen LogP contribution is -2.50. The maximum absolute atomic E-state index is 9.79. The summed E-state index contributed by atoms with van der Waals surface area (Å²) in [6, 6.07) is 0. The Morgan fingerprint density at radius 2 is 1.47 bits per heavy atom. The van der Waals surface area contributed by atoms with Gasteiger partial charge in [-0.2, -0.15) is 8.42 Å². The van der Waals surface area contributed by atoms with Gasteiger partial charge in [-0.1, -0.05) is 6.92 Å². The molecule has 0 saturated carbocycles. The molecule has 94 valence electrons. The van der Waals surface area contributed by atoms with Crippen LogP contribution in [0.3, 0.4) is 0 Å². The molecule has 6 N–H and O–H groups in total. The molecule has 0 rings (SSSR count). The van der Waals surface area contributed by atoms with E-state index in [2.05, 4.69) is 0 Å². The first kappa shape index (κ1) is 17.2. The highest BCUT2D eigenvalue weighted by atomic mass is 32.2. The zero-order valence-electron chi connectivity index (χ0n) is 8.63. The van der Waals surface area contributed by atoms with E-state index in [-0.39, 0.29) is 5.75 Å². The first-order valence-corrected chi connectivity index (χ1v) is 5.92. The highest BCUT2D eigenvalue weighted by molar-refractivity contribution is 7.85. The highest BCUT2D eigenvalue weighted by Gasteiger charge is 2.20. The van der Waals surface area contributed by atoms with E-state index in [1.807, 2.05) is 0 Å². The molecule has 0 aliphatic heterocycles. The summed E-state index contributed by atoms with van der Waals surface area (Å²) in [7, 11) is -3.67. The standard InChI is InChI=1S/C4H11NO3.C3H8O3S/c5-4(1-6,2-7)3-8;1-2-3-7(4,5)6/h6-8H,1-3,5H2;2-3H2,1H3,(H,4,5,6). The summed E-state index contributed by atoms with van der Waals surface area (Å²) in [4.78, 5) is 0. The third-order valence-corrected chi connectivity index (χ3v) is 2.33. The molecule has 8 heteroatoms. The van der Waals surface area contributed by atoms with Crippen LogP contribution in [0.25, 0.3) is 0 Å². The molecule has 0 fully saturated rings. The van der Waals surface area contributed by atoms with Gasteiger partial charge in [0.25, 0.3) is 10.1 Å². The van der Waals surface area contributed by atoms with E-state index in [1.54, 1.807) is 6.92 Å². The van der Waals surface area contributed by atoms with Gasteiger partial charge in [-0.25, -0.2) is 0 Å². The molecule has 0 aromatic rings. The van der Waals surface area contributed by atoms with Gasteiger partial charge >= 0.3 is 0 Å². The molecule has 7 nitrogen and oxygen atoms in total. The topological polar surface area (TPSA) is 141 Å². The number of nitrogens with two attached hydrogens (primary N) is 1. The Balaban J connectivity index is 0. The van der Waals surface area contributed by atoms with E-state index in [0.717, 1.165) is 0 Å². The predicted molar refractivity (Wildman–Crippen MR) is 54.9 cm³/mol. The Morgan fingerprint density at radius 3 is 1.47 bits per heavy atom. The third kappa shape index (κ3) is 11.7. The quantitative estimate of drug-likeness (QED) is 0.351. The number of rotatable bonds is 5. The van der Waals surface area contributed by atoms with Crippen LogP contribution in [0.1, 0.15) is 13.3 Å². The normalized spacial score (nSPS) is 11.9. The molecule has 0 spiro atoms. The van der Waals surface area contributed by atoms with Gasteiger partial charge in [-0.05, 0) is 6.42 Å².